The molecule has 3 rings (SSSR count). The lowest BCUT2D eigenvalue weighted by molar-refractivity contribution is 0.00512. The second-order valence-corrected chi connectivity index (χ2v) is 6.40. The Hall–Kier alpha value is -0.730. The Morgan fingerprint density at radius 3 is 2.56 bits per heavy atom. The molecule has 0 bridgehead atoms. The van der Waals surface area contributed by atoms with Crippen LogP contribution in [0.3, 0.4) is 0 Å². The Balaban J connectivity index is 1.96. The minimum Gasteiger partial charge on any atom is -0.370 e. The van der Waals surface area contributed by atoms with Crippen LogP contribution in [0, 0.1) is 5.41 Å². The van der Waals surface area contributed by atoms with Crippen LogP contribution in [0.4, 0.5) is 0 Å². The molecular formula is C13H23N3. The Kier molecular flexibility index (Phi) is 2.05. The molecular weight excluding hydrogens is 198 g/mol. The van der Waals surface area contributed by atoms with Crippen LogP contribution < -0.4 is 5.73 Å². The number of guanidine groups is 1. The molecule has 2 fully saturated rings. The first-order chi connectivity index (χ1) is 7.57. The molecule has 1 heterocycles. The summed E-state index contributed by atoms with van der Waals surface area (Å²) in [7, 11) is 0. The molecule has 2 saturated carbocycles. The van der Waals surface area contributed by atoms with Crippen molar-refractivity contribution in [2.45, 2.75) is 64.0 Å². The van der Waals surface area contributed by atoms with E-state index in [1.807, 2.05) is 0 Å². The molecule has 1 atom stereocenters. The average Bonchev–Trinajstić information content (AvgIpc) is 2.98. The van der Waals surface area contributed by atoms with Crippen molar-refractivity contribution in [3.8, 4) is 0 Å². The van der Waals surface area contributed by atoms with E-state index in [4.69, 9.17) is 5.73 Å². The lowest BCUT2D eigenvalue weighted by Gasteiger charge is -2.53. The maximum absolute atomic E-state index is 6.12. The molecule has 1 aliphatic heterocycles. The summed E-state index contributed by atoms with van der Waals surface area (Å²) < 4.78 is 0. The van der Waals surface area contributed by atoms with Crippen LogP contribution in [-0.2, 0) is 0 Å². The van der Waals surface area contributed by atoms with Gasteiger partial charge in [-0.05, 0) is 31.1 Å². The summed E-state index contributed by atoms with van der Waals surface area (Å²) in [4.78, 5) is 7.06. The predicted octanol–water partition coefficient (Wildman–Crippen LogP) is 2.12. The van der Waals surface area contributed by atoms with Gasteiger partial charge in [-0.15, -0.1) is 0 Å². The highest BCUT2D eigenvalue weighted by atomic mass is 15.4. The van der Waals surface area contributed by atoms with Gasteiger partial charge in [-0.25, -0.2) is 0 Å². The molecule has 90 valence electrons. The molecule has 2 aliphatic carbocycles. The highest BCUT2D eigenvalue weighted by Crippen LogP contribution is 2.52. The van der Waals surface area contributed by atoms with Crippen LogP contribution in [0.5, 0.6) is 0 Å². The van der Waals surface area contributed by atoms with Gasteiger partial charge in [0.1, 0.15) is 0 Å². The molecule has 0 amide bonds. The highest BCUT2D eigenvalue weighted by molar-refractivity contribution is 5.82. The van der Waals surface area contributed by atoms with Gasteiger partial charge in [-0.3, -0.25) is 4.99 Å². The van der Waals surface area contributed by atoms with Crippen LogP contribution in [0.15, 0.2) is 4.99 Å². The van der Waals surface area contributed by atoms with Crippen molar-refractivity contribution < 1.29 is 0 Å². The molecule has 0 aromatic carbocycles. The molecule has 2 N–H and O–H groups in total. The van der Waals surface area contributed by atoms with Crippen LogP contribution in [0.1, 0.15) is 52.4 Å². The van der Waals surface area contributed by atoms with Crippen molar-refractivity contribution in [1.82, 2.24) is 4.90 Å². The summed E-state index contributed by atoms with van der Waals surface area (Å²) in [5, 5.41) is 0. The van der Waals surface area contributed by atoms with Crippen molar-refractivity contribution in [1.29, 1.82) is 0 Å². The molecule has 0 aromatic heterocycles. The number of rotatable bonds is 1. The number of aliphatic imine (C=N–C) groups is 1. The van der Waals surface area contributed by atoms with Crippen molar-refractivity contribution >= 4 is 5.96 Å². The Bertz CT molecular complexity index is 330. The summed E-state index contributed by atoms with van der Waals surface area (Å²) in [6, 6.07) is 0.698. The normalized spacial score (nSPS) is 37.9. The quantitative estimate of drug-likeness (QED) is 0.737. The van der Waals surface area contributed by atoms with E-state index in [1.54, 1.807) is 0 Å². The third-order valence-corrected chi connectivity index (χ3v) is 5.02. The second kappa shape index (κ2) is 3.14. The minimum absolute atomic E-state index is 0.247. The first kappa shape index (κ1) is 10.4. The van der Waals surface area contributed by atoms with Crippen LogP contribution in [0.2, 0.25) is 0 Å². The fourth-order valence-corrected chi connectivity index (χ4v) is 3.75. The fraction of sp³-hybridized carbons (Fsp3) is 0.923. The number of nitrogens with two attached hydrogens (primary N) is 1. The summed E-state index contributed by atoms with van der Waals surface area (Å²) in [5.74, 6) is 0.817. The number of hydrogen-bond donors (Lipinski definition) is 1. The van der Waals surface area contributed by atoms with E-state index < -0.39 is 0 Å². The predicted molar refractivity (Wildman–Crippen MR) is 66.3 cm³/mol. The van der Waals surface area contributed by atoms with Crippen LogP contribution in [-0.4, -0.2) is 29.0 Å². The lowest BCUT2D eigenvalue weighted by Crippen LogP contribution is -2.62. The van der Waals surface area contributed by atoms with Gasteiger partial charge in [0.25, 0.3) is 0 Å². The molecule has 0 saturated heterocycles. The average molecular weight is 221 g/mol. The second-order valence-electron chi connectivity index (χ2n) is 6.40. The molecule has 1 unspecified atom stereocenters. The van der Waals surface area contributed by atoms with Crippen molar-refractivity contribution in [3.05, 3.63) is 0 Å². The van der Waals surface area contributed by atoms with Gasteiger partial charge < -0.3 is 10.6 Å². The number of hydrogen-bond acceptors (Lipinski definition) is 3. The molecule has 0 radical (unpaired) electrons. The Labute approximate surface area is 98.1 Å². The van der Waals surface area contributed by atoms with Crippen molar-refractivity contribution in [3.63, 3.8) is 0 Å². The third kappa shape index (κ3) is 1.23. The molecule has 3 nitrogen and oxygen atoms in total. The summed E-state index contributed by atoms with van der Waals surface area (Å²) in [6.07, 6.45) is 7.93. The van der Waals surface area contributed by atoms with Gasteiger partial charge in [0.2, 0.25) is 0 Å². The molecule has 3 heteroatoms. The maximum atomic E-state index is 6.12. The SMILES string of the molecule is CC1(C)CCCCC12CN=C(N)N2C1CC1. The van der Waals surface area contributed by atoms with E-state index in [1.165, 1.54) is 38.5 Å². The summed E-state index contributed by atoms with van der Waals surface area (Å²) in [6.45, 7) is 5.76. The van der Waals surface area contributed by atoms with E-state index in [0.29, 0.717) is 11.5 Å². The van der Waals surface area contributed by atoms with Crippen LogP contribution >= 0.6 is 0 Å². The molecule has 16 heavy (non-hydrogen) atoms. The fourth-order valence-electron chi connectivity index (χ4n) is 3.75. The van der Waals surface area contributed by atoms with E-state index in [9.17, 15) is 0 Å². The maximum Gasteiger partial charge on any atom is 0.192 e. The lowest BCUT2D eigenvalue weighted by atomic mass is 9.62. The van der Waals surface area contributed by atoms with Crippen molar-refractivity contribution in [2.24, 2.45) is 16.1 Å². The van der Waals surface area contributed by atoms with Crippen LogP contribution in [0.25, 0.3) is 0 Å². The van der Waals surface area contributed by atoms with Gasteiger partial charge in [-0.1, -0.05) is 26.7 Å². The van der Waals surface area contributed by atoms with Gasteiger partial charge in [0.05, 0.1) is 12.1 Å². The monoisotopic (exact) mass is 221 g/mol. The first-order valence-electron chi connectivity index (χ1n) is 6.66. The van der Waals surface area contributed by atoms with E-state index >= 15 is 0 Å². The smallest absolute Gasteiger partial charge is 0.192 e. The van der Waals surface area contributed by atoms with Gasteiger partial charge in [-0.2, -0.15) is 0 Å². The van der Waals surface area contributed by atoms with Crippen molar-refractivity contribution in [2.75, 3.05) is 6.54 Å². The zero-order valence-electron chi connectivity index (χ0n) is 10.5. The van der Waals surface area contributed by atoms with E-state index in [-0.39, 0.29) is 5.54 Å². The molecule has 0 aromatic rings. The standard InChI is InChI=1S/C13H23N3/c1-12(2)7-3-4-8-13(12)9-15-11(14)16(13)10-5-6-10/h10H,3-9H2,1-2H3,(H2,14,15). The van der Waals surface area contributed by atoms with Gasteiger partial charge in [0.15, 0.2) is 5.96 Å². The highest BCUT2D eigenvalue weighted by Gasteiger charge is 2.57. The summed E-state index contributed by atoms with van der Waals surface area (Å²) >= 11 is 0. The topological polar surface area (TPSA) is 41.6 Å². The molecule has 1 spiro atoms. The van der Waals surface area contributed by atoms with E-state index in [0.717, 1.165) is 12.5 Å². The largest absolute Gasteiger partial charge is 0.370 e. The first-order valence-corrected chi connectivity index (χ1v) is 6.66. The summed E-state index contributed by atoms with van der Waals surface area (Å²) in [5.41, 5.74) is 6.73. The van der Waals surface area contributed by atoms with Gasteiger partial charge in [0, 0.05) is 6.04 Å². The third-order valence-electron chi connectivity index (χ3n) is 5.02. The van der Waals surface area contributed by atoms with E-state index in [2.05, 4.69) is 23.7 Å². The zero-order chi connectivity index (χ0) is 11.4. The zero-order valence-corrected chi connectivity index (χ0v) is 10.5. The Morgan fingerprint density at radius 1 is 1.25 bits per heavy atom. The number of nitrogens with zero attached hydrogens (tertiary/aromatic N) is 2. The minimum atomic E-state index is 0.247. The van der Waals surface area contributed by atoms with Gasteiger partial charge >= 0.3 is 0 Å². The molecule has 3 aliphatic rings. The Morgan fingerprint density at radius 2 is 1.94 bits per heavy atom.